The summed E-state index contributed by atoms with van der Waals surface area (Å²) in [6, 6.07) is 0.479. The average molecular weight is 239 g/mol. The van der Waals surface area contributed by atoms with Gasteiger partial charge in [0.1, 0.15) is 0 Å². The van der Waals surface area contributed by atoms with Gasteiger partial charge in [0.15, 0.2) is 0 Å². The number of carbonyl (C=O) groups excluding carboxylic acids is 1. The zero-order chi connectivity index (χ0) is 12.7. The second-order valence-electron chi connectivity index (χ2n) is 4.59. The molecule has 98 valence electrons. The van der Waals surface area contributed by atoms with Gasteiger partial charge in [-0.3, -0.25) is 9.69 Å². The monoisotopic (exact) mass is 239 g/mol. The molecule has 1 heterocycles. The first-order chi connectivity index (χ1) is 8.19. The highest BCUT2D eigenvalue weighted by atomic mass is 16.2. The van der Waals surface area contributed by atoms with Gasteiger partial charge in [-0.25, -0.2) is 0 Å². The number of likely N-dealkylation sites (N-methyl/N-ethyl adjacent to an activating group) is 1. The Morgan fingerprint density at radius 2 is 2.47 bits per heavy atom. The van der Waals surface area contributed by atoms with Crippen molar-refractivity contribution < 1.29 is 4.79 Å². The van der Waals surface area contributed by atoms with Crippen molar-refractivity contribution in [1.29, 1.82) is 0 Å². The minimum atomic E-state index is -0.0673. The van der Waals surface area contributed by atoms with Gasteiger partial charge in [-0.05, 0) is 32.9 Å². The fraction of sp³-hybridized carbons (Fsp3) is 0.769. The molecule has 4 nitrogen and oxygen atoms in total. The summed E-state index contributed by atoms with van der Waals surface area (Å²) in [5.74, 6) is 0.0877. The number of rotatable bonds is 7. The Labute approximate surface area is 104 Å². The molecule has 1 fully saturated rings. The SMILES string of the molecule is C=CCNC(=O)C(C)N(CC)CC1CCCN1. The summed E-state index contributed by atoms with van der Waals surface area (Å²) in [6.45, 7) is 11.2. The molecule has 0 radical (unpaired) electrons. The van der Waals surface area contributed by atoms with Crippen LogP contribution in [0.5, 0.6) is 0 Å². The minimum Gasteiger partial charge on any atom is -0.351 e. The molecule has 17 heavy (non-hydrogen) atoms. The summed E-state index contributed by atoms with van der Waals surface area (Å²) in [6.07, 6.45) is 4.18. The first-order valence-corrected chi connectivity index (χ1v) is 6.55. The van der Waals surface area contributed by atoms with Crippen LogP contribution in [0.25, 0.3) is 0 Å². The van der Waals surface area contributed by atoms with Crippen molar-refractivity contribution in [3.8, 4) is 0 Å². The Bertz CT molecular complexity index is 249. The molecule has 1 rings (SSSR count). The van der Waals surface area contributed by atoms with E-state index in [4.69, 9.17) is 0 Å². The Kier molecular flexibility index (Phi) is 6.22. The Balaban J connectivity index is 2.41. The standard InChI is InChI=1S/C13H25N3O/c1-4-8-15-13(17)11(3)16(5-2)10-12-7-6-9-14-12/h4,11-12,14H,1,5-10H2,2-3H3,(H,15,17). The van der Waals surface area contributed by atoms with Crippen LogP contribution < -0.4 is 10.6 Å². The lowest BCUT2D eigenvalue weighted by atomic mass is 10.1. The van der Waals surface area contributed by atoms with Crippen molar-refractivity contribution in [3.05, 3.63) is 12.7 Å². The van der Waals surface area contributed by atoms with E-state index >= 15 is 0 Å². The van der Waals surface area contributed by atoms with E-state index in [0.29, 0.717) is 12.6 Å². The maximum absolute atomic E-state index is 11.9. The van der Waals surface area contributed by atoms with Gasteiger partial charge in [0.25, 0.3) is 0 Å². The molecule has 2 unspecified atom stereocenters. The second kappa shape index (κ2) is 7.45. The zero-order valence-electron chi connectivity index (χ0n) is 11.0. The third kappa shape index (κ3) is 4.48. The normalized spacial score (nSPS) is 21.5. The van der Waals surface area contributed by atoms with E-state index in [1.165, 1.54) is 12.8 Å². The number of carbonyl (C=O) groups is 1. The topological polar surface area (TPSA) is 44.4 Å². The third-order valence-electron chi connectivity index (χ3n) is 3.37. The fourth-order valence-corrected chi connectivity index (χ4v) is 2.24. The van der Waals surface area contributed by atoms with Crippen molar-refractivity contribution in [1.82, 2.24) is 15.5 Å². The highest BCUT2D eigenvalue weighted by molar-refractivity contribution is 5.81. The molecule has 2 N–H and O–H groups in total. The van der Waals surface area contributed by atoms with Crippen LogP contribution in [-0.4, -0.2) is 49.1 Å². The van der Waals surface area contributed by atoms with Crippen LogP contribution in [0, 0.1) is 0 Å². The summed E-state index contributed by atoms with van der Waals surface area (Å²) in [4.78, 5) is 14.1. The second-order valence-corrected chi connectivity index (χ2v) is 4.59. The first kappa shape index (κ1) is 14.2. The van der Waals surface area contributed by atoms with Gasteiger partial charge in [-0.1, -0.05) is 13.0 Å². The van der Waals surface area contributed by atoms with Crippen LogP contribution in [0.2, 0.25) is 0 Å². The highest BCUT2D eigenvalue weighted by Crippen LogP contribution is 2.09. The lowest BCUT2D eigenvalue weighted by molar-refractivity contribution is -0.125. The van der Waals surface area contributed by atoms with E-state index in [0.717, 1.165) is 19.6 Å². The predicted octanol–water partition coefficient (Wildman–Crippen LogP) is 0.751. The van der Waals surface area contributed by atoms with Crippen LogP contribution in [0.15, 0.2) is 12.7 Å². The molecule has 1 aliphatic heterocycles. The number of nitrogens with zero attached hydrogens (tertiary/aromatic N) is 1. The van der Waals surface area contributed by atoms with E-state index in [-0.39, 0.29) is 11.9 Å². The van der Waals surface area contributed by atoms with E-state index in [1.807, 2.05) is 6.92 Å². The van der Waals surface area contributed by atoms with Crippen molar-refractivity contribution in [2.45, 2.75) is 38.8 Å². The van der Waals surface area contributed by atoms with Gasteiger partial charge in [0.2, 0.25) is 5.91 Å². The van der Waals surface area contributed by atoms with E-state index in [1.54, 1.807) is 6.08 Å². The third-order valence-corrected chi connectivity index (χ3v) is 3.37. The van der Waals surface area contributed by atoms with Crippen molar-refractivity contribution in [2.24, 2.45) is 0 Å². The molecule has 0 aromatic heterocycles. The first-order valence-electron chi connectivity index (χ1n) is 6.55. The van der Waals surface area contributed by atoms with Gasteiger partial charge in [-0.15, -0.1) is 6.58 Å². The Hall–Kier alpha value is -0.870. The Morgan fingerprint density at radius 1 is 1.71 bits per heavy atom. The maximum Gasteiger partial charge on any atom is 0.237 e. The molecule has 1 saturated heterocycles. The number of amides is 1. The van der Waals surface area contributed by atoms with Crippen molar-refractivity contribution in [3.63, 3.8) is 0 Å². The molecule has 1 amide bonds. The highest BCUT2D eigenvalue weighted by Gasteiger charge is 2.23. The lowest BCUT2D eigenvalue weighted by Crippen LogP contribution is -2.49. The van der Waals surface area contributed by atoms with Gasteiger partial charge in [0, 0.05) is 19.1 Å². The van der Waals surface area contributed by atoms with Crippen LogP contribution in [0.4, 0.5) is 0 Å². The minimum absolute atomic E-state index is 0.0673. The Morgan fingerprint density at radius 3 is 3.00 bits per heavy atom. The maximum atomic E-state index is 11.9. The molecule has 2 atom stereocenters. The number of hydrogen-bond donors (Lipinski definition) is 2. The van der Waals surface area contributed by atoms with Gasteiger partial charge < -0.3 is 10.6 Å². The van der Waals surface area contributed by atoms with Gasteiger partial charge in [-0.2, -0.15) is 0 Å². The quantitative estimate of drug-likeness (QED) is 0.644. The fourth-order valence-electron chi connectivity index (χ4n) is 2.24. The van der Waals surface area contributed by atoms with Crippen LogP contribution in [0.3, 0.4) is 0 Å². The predicted molar refractivity (Wildman–Crippen MR) is 70.9 cm³/mol. The summed E-state index contributed by atoms with van der Waals surface area (Å²) < 4.78 is 0. The lowest BCUT2D eigenvalue weighted by Gasteiger charge is -2.29. The van der Waals surface area contributed by atoms with E-state index in [9.17, 15) is 4.79 Å². The summed E-state index contributed by atoms with van der Waals surface area (Å²) >= 11 is 0. The average Bonchev–Trinajstić information content (AvgIpc) is 2.84. The smallest absolute Gasteiger partial charge is 0.237 e. The molecule has 0 aromatic rings. The van der Waals surface area contributed by atoms with Crippen LogP contribution >= 0.6 is 0 Å². The van der Waals surface area contributed by atoms with Gasteiger partial charge in [0.05, 0.1) is 6.04 Å². The zero-order valence-corrected chi connectivity index (χ0v) is 11.0. The molecular weight excluding hydrogens is 214 g/mol. The molecule has 0 saturated carbocycles. The summed E-state index contributed by atoms with van der Waals surface area (Å²) in [5.41, 5.74) is 0. The molecule has 0 spiro atoms. The van der Waals surface area contributed by atoms with Crippen LogP contribution in [0.1, 0.15) is 26.7 Å². The largest absolute Gasteiger partial charge is 0.351 e. The van der Waals surface area contributed by atoms with E-state index < -0.39 is 0 Å². The summed E-state index contributed by atoms with van der Waals surface area (Å²) in [5, 5.41) is 6.32. The molecule has 0 bridgehead atoms. The molecule has 4 heteroatoms. The summed E-state index contributed by atoms with van der Waals surface area (Å²) in [7, 11) is 0. The number of nitrogens with one attached hydrogen (secondary N) is 2. The molecular formula is C13H25N3O. The van der Waals surface area contributed by atoms with Crippen LogP contribution in [-0.2, 0) is 4.79 Å². The van der Waals surface area contributed by atoms with Crippen molar-refractivity contribution in [2.75, 3.05) is 26.2 Å². The van der Waals surface area contributed by atoms with Gasteiger partial charge >= 0.3 is 0 Å². The van der Waals surface area contributed by atoms with Crippen molar-refractivity contribution >= 4 is 5.91 Å². The molecule has 0 aromatic carbocycles. The molecule has 0 aliphatic carbocycles. The number of hydrogen-bond acceptors (Lipinski definition) is 3. The molecule has 1 aliphatic rings. The van der Waals surface area contributed by atoms with E-state index in [2.05, 4.69) is 29.0 Å².